The van der Waals surface area contributed by atoms with Crippen LogP contribution in [0.4, 0.5) is 21.0 Å². The zero-order valence-electron chi connectivity index (χ0n) is 17.8. The quantitative estimate of drug-likeness (QED) is 0.487. The Morgan fingerprint density at radius 3 is 2.79 bits per heavy atom. The van der Waals surface area contributed by atoms with Crippen LogP contribution in [0.2, 0.25) is 0 Å². The van der Waals surface area contributed by atoms with Crippen LogP contribution in [0, 0.1) is 0 Å². The summed E-state index contributed by atoms with van der Waals surface area (Å²) < 4.78 is 6.55. The van der Waals surface area contributed by atoms with Crippen LogP contribution in [0.1, 0.15) is 18.5 Å². The fraction of sp³-hybridized carbons (Fsp3) is 0.174. The number of aromatic nitrogens is 4. The molecular weight excluding hydrogens is 422 g/mol. The van der Waals surface area contributed by atoms with Crippen molar-refractivity contribution >= 4 is 34.5 Å². The number of cyclic esters (lactones) is 1. The van der Waals surface area contributed by atoms with E-state index in [0.717, 1.165) is 22.3 Å². The molecule has 10 heteroatoms. The van der Waals surface area contributed by atoms with Crippen LogP contribution in [0.25, 0.3) is 16.9 Å². The van der Waals surface area contributed by atoms with Crippen molar-refractivity contribution in [2.24, 2.45) is 0 Å². The zero-order chi connectivity index (χ0) is 22.8. The maximum Gasteiger partial charge on any atom is 0.414 e. The van der Waals surface area contributed by atoms with Gasteiger partial charge in [0.1, 0.15) is 6.61 Å². The van der Waals surface area contributed by atoms with Crippen LogP contribution in [0.5, 0.6) is 0 Å². The Labute approximate surface area is 189 Å². The van der Waals surface area contributed by atoms with E-state index in [9.17, 15) is 9.59 Å². The molecule has 33 heavy (non-hydrogen) atoms. The van der Waals surface area contributed by atoms with Crippen LogP contribution in [-0.2, 0) is 4.74 Å². The van der Waals surface area contributed by atoms with E-state index < -0.39 is 0 Å². The average molecular weight is 443 g/mol. The van der Waals surface area contributed by atoms with Crippen molar-refractivity contribution < 1.29 is 14.3 Å². The second-order valence-electron chi connectivity index (χ2n) is 7.57. The molecule has 3 heterocycles. The number of rotatable bonds is 5. The highest BCUT2D eigenvalue weighted by Gasteiger charge is 2.24. The lowest BCUT2D eigenvalue weighted by Gasteiger charge is -2.18. The molecule has 0 aliphatic carbocycles. The number of carbonyl (C=O) groups excluding carboxylic acids is 2. The Bertz CT molecular complexity index is 1340. The monoisotopic (exact) mass is 443 g/mol. The summed E-state index contributed by atoms with van der Waals surface area (Å²) in [5.41, 5.74) is 3.68. The minimum Gasteiger partial charge on any atom is -0.447 e. The highest BCUT2D eigenvalue weighted by molar-refractivity contribution is 5.90. The van der Waals surface area contributed by atoms with Gasteiger partial charge in [0.15, 0.2) is 5.82 Å². The lowest BCUT2D eigenvalue weighted by Crippen LogP contribution is -2.31. The number of anilines is 2. The maximum atomic E-state index is 12.5. The molecule has 2 aromatic heterocycles. The molecule has 1 aliphatic heterocycles. The van der Waals surface area contributed by atoms with Crippen LogP contribution < -0.4 is 15.5 Å². The Kier molecular flexibility index (Phi) is 5.31. The zero-order valence-corrected chi connectivity index (χ0v) is 17.8. The molecule has 10 nitrogen and oxygen atoms in total. The minimum atomic E-state index is -0.377. The molecule has 0 radical (unpaired) electrons. The first kappa shape index (κ1) is 20.4. The van der Waals surface area contributed by atoms with Gasteiger partial charge in [-0.3, -0.25) is 9.88 Å². The second kappa shape index (κ2) is 8.58. The fourth-order valence-electron chi connectivity index (χ4n) is 3.61. The summed E-state index contributed by atoms with van der Waals surface area (Å²) in [5.74, 6) is 0.549. The van der Waals surface area contributed by atoms with Crippen LogP contribution in [-0.4, -0.2) is 45.0 Å². The molecule has 0 bridgehead atoms. The van der Waals surface area contributed by atoms with Crippen molar-refractivity contribution in [3.05, 3.63) is 72.7 Å². The van der Waals surface area contributed by atoms with Crippen LogP contribution in [0.15, 0.2) is 67.1 Å². The van der Waals surface area contributed by atoms with Crippen molar-refractivity contribution in [2.75, 3.05) is 23.4 Å². The second-order valence-corrected chi connectivity index (χ2v) is 7.57. The minimum absolute atomic E-state index is 0.287. The van der Waals surface area contributed by atoms with Gasteiger partial charge < -0.3 is 15.4 Å². The first-order valence-electron chi connectivity index (χ1n) is 10.5. The number of para-hydroxylation sites is 2. The molecule has 5 rings (SSSR count). The van der Waals surface area contributed by atoms with Gasteiger partial charge in [0.05, 0.1) is 47.9 Å². The number of ether oxygens (including phenoxy) is 1. The number of hydrogen-bond donors (Lipinski definition) is 2. The maximum absolute atomic E-state index is 12.5. The Morgan fingerprint density at radius 2 is 1.97 bits per heavy atom. The highest BCUT2D eigenvalue weighted by atomic mass is 16.6. The molecule has 1 fully saturated rings. The van der Waals surface area contributed by atoms with E-state index in [2.05, 4.69) is 25.7 Å². The van der Waals surface area contributed by atoms with E-state index >= 15 is 0 Å². The molecule has 0 spiro atoms. The van der Waals surface area contributed by atoms with E-state index in [4.69, 9.17) is 4.74 Å². The molecule has 1 atom stereocenters. The predicted molar refractivity (Wildman–Crippen MR) is 122 cm³/mol. The SMILES string of the molecule is CC(NC(=O)Nc1cnn(-c2cnc3ccccc3n2)c1)c1cccc(N2CCOC2=O)c1. The Hall–Kier alpha value is -4.47. The Balaban J connectivity index is 1.24. The van der Waals surface area contributed by atoms with Gasteiger partial charge in [-0.2, -0.15) is 5.10 Å². The molecule has 3 amide bonds. The van der Waals surface area contributed by atoms with Gasteiger partial charge in [-0.05, 0) is 36.8 Å². The van der Waals surface area contributed by atoms with Crippen molar-refractivity contribution in [1.29, 1.82) is 0 Å². The molecule has 1 unspecified atom stereocenters. The van der Waals surface area contributed by atoms with Gasteiger partial charge in [-0.25, -0.2) is 19.3 Å². The van der Waals surface area contributed by atoms with E-state index in [-0.39, 0.29) is 18.2 Å². The Morgan fingerprint density at radius 1 is 1.12 bits per heavy atom. The summed E-state index contributed by atoms with van der Waals surface area (Å²) in [5, 5.41) is 9.95. The smallest absolute Gasteiger partial charge is 0.414 e. The molecule has 166 valence electrons. The molecule has 2 aromatic carbocycles. The number of amides is 3. The molecular formula is C23H21N7O3. The van der Waals surface area contributed by atoms with E-state index in [1.165, 1.54) is 0 Å². The topological polar surface area (TPSA) is 114 Å². The number of nitrogens with one attached hydrogen (secondary N) is 2. The predicted octanol–water partition coefficient (Wildman–Crippen LogP) is 3.65. The largest absolute Gasteiger partial charge is 0.447 e. The number of fused-ring (bicyclic) bond motifs is 1. The lowest BCUT2D eigenvalue weighted by atomic mass is 10.1. The summed E-state index contributed by atoms with van der Waals surface area (Å²) in [4.78, 5) is 34.9. The van der Waals surface area contributed by atoms with Gasteiger partial charge in [0.2, 0.25) is 0 Å². The normalized spacial score (nSPS) is 14.2. The summed E-state index contributed by atoms with van der Waals surface area (Å²) in [6.07, 6.45) is 4.48. The third kappa shape index (κ3) is 4.31. The van der Waals surface area contributed by atoms with Crippen molar-refractivity contribution in [3.63, 3.8) is 0 Å². The first-order chi connectivity index (χ1) is 16.1. The molecule has 2 N–H and O–H groups in total. The molecule has 4 aromatic rings. The van der Waals surface area contributed by atoms with Crippen LogP contribution in [0.3, 0.4) is 0 Å². The number of nitrogens with zero attached hydrogens (tertiary/aromatic N) is 5. The molecule has 1 aliphatic rings. The van der Waals surface area contributed by atoms with Crippen molar-refractivity contribution in [2.45, 2.75) is 13.0 Å². The van der Waals surface area contributed by atoms with Gasteiger partial charge in [-0.1, -0.05) is 24.3 Å². The standard InChI is InChI=1S/C23H21N7O3/c1-15(16-5-4-6-18(11-16)29-9-10-33-23(29)32)26-22(31)27-17-12-25-30(14-17)21-13-24-19-7-2-3-8-20(19)28-21/h2-8,11-15H,9-10H2,1H3,(H2,26,27,31). The van der Waals surface area contributed by atoms with Gasteiger partial charge in [0, 0.05) is 5.69 Å². The van der Waals surface area contributed by atoms with E-state index in [1.54, 1.807) is 28.2 Å². The number of benzene rings is 2. The number of urea groups is 1. The van der Waals surface area contributed by atoms with Gasteiger partial charge in [-0.15, -0.1) is 0 Å². The number of hydrogen-bond acceptors (Lipinski definition) is 6. The van der Waals surface area contributed by atoms with Crippen LogP contribution >= 0.6 is 0 Å². The summed E-state index contributed by atoms with van der Waals surface area (Å²) in [7, 11) is 0. The molecule has 1 saturated heterocycles. The third-order valence-corrected chi connectivity index (χ3v) is 5.30. The first-order valence-corrected chi connectivity index (χ1v) is 10.5. The third-order valence-electron chi connectivity index (χ3n) is 5.30. The summed E-state index contributed by atoms with van der Waals surface area (Å²) in [6.45, 7) is 2.75. The van der Waals surface area contributed by atoms with Crippen molar-refractivity contribution in [1.82, 2.24) is 25.1 Å². The van der Waals surface area contributed by atoms with E-state index in [1.807, 2.05) is 55.5 Å². The molecule has 0 saturated carbocycles. The fourth-order valence-corrected chi connectivity index (χ4v) is 3.61. The number of carbonyl (C=O) groups is 2. The van der Waals surface area contributed by atoms with Gasteiger partial charge >= 0.3 is 12.1 Å². The highest BCUT2D eigenvalue weighted by Crippen LogP contribution is 2.23. The summed E-state index contributed by atoms with van der Waals surface area (Å²) in [6, 6.07) is 14.4. The van der Waals surface area contributed by atoms with E-state index in [0.29, 0.717) is 24.7 Å². The van der Waals surface area contributed by atoms with Crippen molar-refractivity contribution in [3.8, 4) is 5.82 Å². The lowest BCUT2D eigenvalue weighted by molar-refractivity contribution is 0.181. The summed E-state index contributed by atoms with van der Waals surface area (Å²) >= 11 is 0. The average Bonchev–Trinajstić information content (AvgIpc) is 3.47. The van der Waals surface area contributed by atoms with Gasteiger partial charge in [0.25, 0.3) is 0 Å².